The smallest absolute Gasteiger partial charge is 0.149 e. The molecule has 0 bridgehead atoms. The molecule has 0 aliphatic heterocycles. The number of carbonyl (C=O) groups is 1. The molecule has 0 spiro atoms. The van der Waals surface area contributed by atoms with Gasteiger partial charge in [-0.1, -0.05) is 12.8 Å². The van der Waals surface area contributed by atoms with Crippen molar-refractivity contribution in [1.29, 1.82) is 0 Å². The molecule has 0 heterocycles. The van der Waals surface area contributed by atoms with Crippen LogP contribution in [0, 0.1) is 0 Å². The Hall–Kier alpha value is -0.410. The van der Waals surface area contributed by atoms with Crippen molar-refractivity contribution < 1.29 is 9.90 Å². The molecule has 1 rings (SSSR count). The number of hydrogen-bond donors (Lipinski definition) is 1. The van der Waals surface area contributed by atoms with Crippen LogP contribution in [0.3, 0.4) is 0 Å². The number of aliphatic hydroxyl groups is 1. The van der Waals surface area contributed by atoms with Gasteiger partial charge in [0.2, 0.25) is 0 Å². The quantitative estimate of drug-likeness (QED) is 0.730. The summed E-state index contributed by atoms with van der Waals surface area (Å²) in [7, 11) is 0. The lowest BCUT2D eigenvalue weighted by molar-refractivity contribution is -0.125. The second-order valence-electron chi connectivity index (χ2n) is 4.99. The summed E-state index contributed by atoms with van der Waals surface area (Å²) >= 11 is 0. The highest BCUT2D eigenvalue weighted by molar-refractivity contribution is 5.84. The molecule has 1 fully saturated rings. The molecule has 1 atom stereocenters. The topological polar surface area (TPSA) is 40.5 Å². The average Bonchev–Trinajstić information content (AvgIpc) is 2.44. The first-order valence-corrected chi connectivity index (χ1v) is 6.56. The van der Waals surface area contributed by atoms with E-state index in [-0.39, 0.29) is 12.6 Å². The van der Waals surface area contributed by atoms with Crippen LogP contribution >= 0.6 is 0 Å². The van der Waals surface area contributed by atoms with Gasteiger partial charge in [-0.15, -0.1) is 0 Å². The van der Waals surface area contributed by atoms with Gasteiger partial charge in [0.1, 0.15) is 5.78 Å². The monoisotopic (exact) mass is 227 g/mol. The zero-order chi connectivity index (χ0) is 12.0. The van der Waals surface area contributed by atoms with Gasteiger partial charge in [-0.3, -0.25) is 9.69 Å². The van der Waals surface area contributed by atoms with Crippen molar-refractivity contribution in [3.63, 3.8) is 0 Å². The summed E-state index contributed by atoms with van der Waals surface area (Å²) in [5.74, 6) is 0.407. The van der Waals surface area contributed by atoms with Crippen LogP contribution in [-0.4, -0.2) is 41.0 Å². The Morgan fingerprint density at radius 3 is 2.75 bits per heavy atom. The third kappa shape index (κ3) is 3.87. The van der Waals surface area contributed by atoms with Gasteiger partial charge in [-0.25, -0.2) is 0 Å². The molecule has 0 aromatic rings. The lowest BCUT2D eigenvalue weighted by Gasteiger charge is -2.33. The highest BCUT2D eigenvalue weighted by atomic mass is 16.3. The van der Waals surface area contributed by atoms with E-state index < -0.39 is 0 Å². The second kappa shape index (κ2) is 7.02. The first-order valence-electron chi connectivity index (χ1n) is 6.56. The number of carbonyl (C=O) groups excluding carboxylic acids is 1. The normalized spacial score (nSPS) is 22.8. The molecular weight excluding hydrogens is 202 g/mol. The van der Waals surface area contributed by atoms with Crippen molar-refractivity contribution in [3.05, 3.63) is 0 Å². The van der Waals surface area contributed by atoms with E-state index in [0.29, 0.717) is 11.8 Å². The van der Waals surface area contributed by atoms with Crippen LogP contribution in [0.4, 0.5) is 0 Å². The molecule has 1 saturated carbocycles. The molecule has 1 aliphatic rings. The first-order chi connectivity index (χ1) is 7.66. The van der Waals surface area contributed by atoms with Crippen LogP contribution in [0.1, 0.15) is 52.4 Å². The maximum Gasteiger partial charge on any atom is 0.149 e. The predicted octanol–water partition coefficient (Wildman–Crippen LogP) is 1.98. The zero-order valence-electron chi connectivity index (χ0n) is 10.6. The van der Waals surface area contributed by atoms with Gasteiger partial charge in [-0.05, 0) is 33.1 Å². The van der Waals surface area contributed by atoms with Crippen LogP contribution in [0.25, 0.3) is 0 Å². The Morgan fingerprint density at radius 1 is 1.38 bits per heavy atom. The minimum atomic E-state index is 0.106. The first kappa shape index (κ1) is 13.7. The van der Waals surface area contributed by atoms with Crippen molar-refractivity contribution in [2.45, 2.75) is 64.5 Å². The molecule has 1 N–H and O–H groups in total. The Bertz CT molecular complexity index is 216. The Morgan fingerprint density at radius 2 is 2.12 bits per heavy atom. The predicted molar refractivity (Wildman–Crippen MR) is 65.4 cm³/mol. The van der Waals surface area contributed by atoms with Gasteiger partial charge in [0.25, 0.3) is 0 Å². The summed E-state index contributed by atoms with van der Waals surface area (Å²) in [4.78, 5) is 14.3. The molecule has 3 nitrogen and oxygen atoms in total. The highest BCUT2D eigenvalue weighted by Gasteiger charge is 2.28. The summed E-state index contributed by atoms with van der Waals surface area (Å²) < 4.78 is 0. The summed E-state index contributed by atoms with van der Waals surface area (Å²) in [5.41, 5.74) is 0. The number of aliphatic hydroxyl groups excluding tert-OH is 1. The van der Waals surface area contributed by atoms with Gasteiger partial charge in [0.15, 0.2) is 0 Å². The van der Waals surface area contributed by atoms with E-state index in [9.17, 15) is 4.79 Å². The van der Waals surface area contributed by atoms with Crippen LogP contribution in [-0.2, 0) is 4.79 Å². The highest BCUT2D eigenvalue weighted by Crippen LogP contribution is 2.21. The number of hydrogen-bond acceptors (Lipinski definition) is 3. The fourth-order valence-electron chi connectivity index (χ4n) is 2.52. The van der Waals surface area contributed by atoms with Gasteiger partial charge < -0.3 is 5.11 Å². The Kier molecular flexibility index (Phi) is 5.99. The molecule has 0 radical (unpaired) electrons. The second-order valence-corrected chi connectivity index (χ2v) is 4.99. The molecular formula is C13H25NO2. The molecule has 0 aromatic heterocycles. The maximum atomic E-state index is 12.0. The van der Waals surface area contributed by atoms with Gasteiger partial charge in [-0.2, -0.15) is 0 Å². The van der Waals surface area contributed by atoms with E-state index in [1.165, 1.54) is 12.8 Å². The van der Waals surface area contributed by atoms with Crippen LogP contribution < -0.4 is 0 Å². The molecule has 94 valence electrons. The average molecular weight is 227 g/mol. The minimum Gasteiger partial charge on any atom is -0.396 e. The SMILES string of the molecule is CC(C)N(CCCO)C1CCCCCC1=O. The van der Waals surface area contributed by atoms with Crippen molar-refractivity contribution in [3.8, 4) is 0 Å². The Labute approximate surface area is 98.8 Å². The third-order valence-electron chi connectivity index (χ3n) is 3.41. The van der Waals surface area contributed by atoms with E-state index in [0.717, 1.165) is 32.2 Å². The summed E-state index contributed by atoms with van der Waals surface area (Å²) in [6, 6.07) is 0.493. The Balaban J connectivity index is 2.62. The van der Waals surface area contributed by atoms with E-state index >= 15 is 0 Å². The van der Waals surface area contributed by atoms with Crippen molar-refractivity contribution in [2.75, 3.05) is 13.2 Å². The standard InChI is InChI=1S/C13H25NO2/c1-11(2)14(9-6-10-15)12-7-4-3-5-8-13(12)16/h11-12,15H,3-10H2,1-2H3. The lowest BCUT2D eigenvalue weighted by atomic mass is 10.0. The van der Waals surface area contributed by atoms with E-state index in [1.54, 1.807) is 0 Å². The molecule has 16 heavy (non-hydrogen) atoms. The minimum absolute atomic E-state index is 0.106. The van der Waals surface area contributed by atoms with E-state index in [1.807, 2.05) is 0 Å². The molecule has 0 aromatic carbocycles. The molecule has 1 unspecified atom stereocenters. The van der Waals surface area contributed by atoms with E-state index in [2.05, 4.69) is 18.7 Å². The van der Waals surface area contributed by atoms with Crippen LogP contribution in [0.2, 0.25) is 0 Å². The summed E-state index contributed by atoms with van der Waals surface area (Å²) in [6.07, 6.45) is 5.92. The molecule has 0 amide bonds. The molecule has 3 heteroatoms. The zero-order valence-corrected chi connectivity index (χ0v) is 10.6. The van der Waals surface area contributed by atoms with Gasteiger partial charge in [0, 0.05) is 25.6 Å². The van der Waals surface area contributed by atoms with Crippen molar-refractivity contribution in [1.82, 2.24) is 4.90 Å². The number of ketones is 1. The number of Topliss-reactive ketones (excluding diaryl/α,β-unsaturated/α-hetero) is 1. The fourth-order valence-corrected chi connectivity index (χ4v) is 2.52. The van der Waals surface area contributed by atoms with Crippen molar-refractivity contribution in [2.24, 2.45) is 0 Å². The summed E-state index contributed by atoms with van der Waals surface area (Å²) in [5, 5.41) is 8.91. The number of rotatable bonds is 5. The number of nitrogens with zero attached hydrogens (tertiary/aromatic N) is 1. The maximum absolute atomic E-state index is 12.0. The third-order valence-corrected chi connectivity index (χ3v) is 3.41. The summed E-state index contributed by atoms with van der Waals surface area (Å²) in [6.45, 7) is 5.32. The van der Waals surface area contributed by atoms with Crippen LogP contribution in [0.5, 0.6) is 0 Å². The van der Waals surface area contributed by atoms with Gasteiger partial charge in [0.05, 0.1) is 6.04 Å². The van der Waals surface area contributed by atoms with Gasteiger partial charge >= 0.3 is 0 Å². The lowest BCUT2D eigenvalue weighted by Crippen LogP contribution is -2.45. The largest absolute Gasteiger partial charge is 0.396 e. The van der Waals surface area contributed by atoms with Crippen LogP contribution in [0.15, 0.2) is 0 Å². The molecule has 1 aliphatic carbocycles. The van der Waals surface area contributed by atoms with Crippen molar-refractivity contribution >= 4 is 5.78 Å². The fraction of sp³-hybridized carbons (Fsp3) is 0.923. The van der Waals surface area contributed by atoms with E-state index in [4.69, 9.17) is 5.11 Å². The molecule has 0 saturated heterocycles.